The van der Waals surface area contributed by atoms with Crippen molar-refractivity contribution in [3.63, 3.8) is 0 Å². The minimum atomic E-state index is -0.571. The molecule has 3 aromatic heterocycles. The molecule has 8 heteroatoms. The fraction of sp³-hybridized carbons (Fsp3) is 0.391. The van der Waals surface area contributed by atoms with Crippen LogP contribution in [-0.4, -0.2) is 39.6 Å². The van der Waals surface area contributed by atoms with Gasteiger partial charge in [0.2, 0.25) is 0 Å². The number of nitrogens with zero attached hydrogens (tertiary/aromatic N) is 3. The normalized spacial score (nSPS) is 16.2. The largest absolute Gasteiger partial charge is 0.452 e. The highest BCUT2D eigenvalue weighted by atomic mass is 32.1. The first-order chi connectivity index (χ1) is 15.1. The highest BCUT2D eigenvalue weighted by Crippen LogP contribution is 2.34. The quantitative estimate of drug-likeness (QED) is 0.512. The molecule has 0 N–H and O–H groups in total. The van der Waals surface area contributed by atoms with E-state index in [1.165, 1.54) is 11.3 Å². The number of aromatic nitrogens is 2. The summed E-state index contributed by atoms with van der Waals surface area (Å²) in [6.45, 7) is 1.47. The Hall–Kier alpha value is -3.00. The summed E-state index contributed by atoms with van der Waals surface area (Å²) in [5, 5.41) is 6.41. The summed E-state index contributed by atoms with van der Waals surface area (Å²) in [6, 6.07) is 5.77. The summed E-state index contributed by atoms with van der Waals surface area (Å²) >= 11 is 1.52. The maximum atomic E-state index is 13.0. The molecular weight excluding hydrogens is 414 g/mol. The number of allylic oxidation sites excluding steroid dienone is 2. The maximum Gasteiger partial charge on any atom is 0.339 e. The van der Waals surface area contributed by atoms with Gasteiger partial charge in [0, 0.05) is 11.7 Å². The fourth-order valence-corrected chi connectivity index (χ4v) is 4.74. The van der Waals surface area contributed by atoms with Crippen LogP contribution in [0.2, 0.25) is 0 Å². The van der Waals surface area contributed by atoms with E-state index in [0.29, 0.717) is 22.3 Å². The number of amides is 1. The van der Waals surface area contributed by atoms with Crippen LogP contribution in [0.5, 0.6) is 0 Å². The van der Waals surface area contributed by atoms with E-state index in [-0.39, 0.29) is 24.3 Å². The van der Waals surface area contributed by atoms with E-state index >= 15 is 0 Å². The van der Waals surface area contributed by atoms with E-state index in [0.717, 1.165) is 49.1 Å². The summed E-state index contributed by atoms with van der Waals surface area (Å²) in [4.78, 5) is 33.2. The van der Waals surface area contributed by atoms with Crippen LogP contribution in [0.4, 0.5) is 0 Å². The molecule has 0 aliphatic heterocycles. The Morgan fingerprint density at radius 3 is 2.90 bits per heavy atom. The molecule has 0 radical (unpaired) electrons. The van der Waals surface area contributed by atoms with Gasteiger partial charge in [-0.1, -0.05) is 17.3 Å². The predicted octanol–water partition coefficient (Wildman–Crippen LogP) is 4.87. The lowest BCUT2D eigenvalue weighted by Gasteiger charge is -2.27. The van der Waals surface area contributed by atoms with Crippen molar-refractivity contribution in [2.45, 2.75) is 51.5 Å². The van der Waals surface area contributed by atoms with Crippen molar-refractivity contribution in [2.75, 3.05) is 6.61 Å². The van der Waals surface area contributed by atoms with Gasteiger partial charge in [-0.15, -0.1) is 11.3 Å². The SMILES string of the molecule is Cc1noc2nc(-c3cccs3)cc(C(=O)OCC(=O)N(C3=CCCCC3)C3CC3)c12. The zero-order chi connectivity index (χ0) is 21.4. The van der Waals surface area contributed by atoms with Crippen LogP contribution >= 0.6 is 11.3 Å². The Balaban J connectivity index is 1.38. The average Bonchev–Trinajstić information content (AvgIpc) is 3.31. The Kier molecular flexibility index (Phi) is 5.31. The monoisotopic (exact) mass is 437 g/mol. The predicted molar refractivity (Wildman–Crippen MR) is 117 cm³/mol. The van der Waals surface area contributed by atoms with Crippen molar-refractivity contribution in [1.29, 1.82) is 0 Å². The second-order valence-electron chi connectivity index (χ2n) is 7.99. The third-order valence-corrected chi connectivity index (χ3v) is 6.59. The lowest BCUT2D eigenvalue weighted by atomic mass is 10.0. The van der Waals surface area contributed by atoms with Gasteiger partial charge >= 0.3 is 5.97 Å². The fourth-order valence-electron chi connectivity index (χ4n) is 4.05. The van der Waals surface area contributed by atoms with Crippen LogP contribution in [-0.2, 0) is 9.53 Å². The molecule has 7 nitrogen and oxygen atoms in total. The number of aryl methyl sites for hydroxylation is 1. The van der Waals surface area contributed by atoms with E-state index < -0.39 is 5.97 Å². The number of pyridine rings is 1. The summed E-state index contributed by atoms with van der Waals surface area (Å²) < 4.78 is 10.8. The lowest BCUT2D eigenvalue weighted by Crippen LogP contribution is -2.36. The highest BCUT2D eigenvalue weighted by molar-refractivity contribution is 7.13. The van der Waals surface area contributed by atoms with Crippen molar-refractivity contribution in [1.82, 2.24) is 15.0 Å². The molecule has 0 bridgehead atoms. The molecule has 0 saturated heterocycles. The number of ether oxygens (including phenoxy) is 1. The number of fused-ring (bicyclic) bond motifs is 1. The smallest absolute Gasteiger partial charge is 0.339 e. The lowest BCUT2D eigenvalue weighted by molar-refractivity contribution is -0.133. The van der Waals surface area contributed by atoms with E-state index in [1.54, 1.807) is 13.0 Å². The van der Waals surface area contributed by atoms with Crippen LogP contribution in [0.25, 0.3) is 21.7 Å². The first-order valence-electron chi connectivity index (χ1n) is 10.6. The Labute approximate surface area is 183 Å². The molecule has 3 heterocycles. The molecule has 0 unspecified atom stereocenters. The molecule has 5 rings (SSSR count). The zero-order valence-corrected chi connectivity index (χ0v) is 18.1. The van der Waals surface area contributed by atoms with Crippen LogP contribution in [0.1, 0.15) is 54.6 Å². The van der Waals surface area contributed by atoms with Crippen LogP contribution in [0.3, 0.4) is 0 Å². The molecule has 3 aromatic rings. The highest BCUT2D eigenvalue weighted by Gasteiger charge is 2.35. The third-order valence-electron chi connectivity index (χ3n) is 5.69. The molecule has 0 aromatic carbocycles. The van der Waals surface area contributed by atoms with Crippen molar-refractivity contribution in [3.05, 3.63) is 46.6 Å². The Bertz CT molecular complexity index is 1160. The minimum absolute atomic E-state index is 0.158. The van der Waals surface area contributed by atoms with Crippen LogP contribution < -0.4 is 0 Å². The second-order valence-corrected chi connectivity index (χ2v) is 8.94. The summed E-state index contributed by atoms with van der Waals surface area (Å²) in [5.74, 6) is -0.729. The summed E-state index contributed by atoms with van der Waals surface area (Å²) in [5.41, 5.74) is 2.86. The topological polar surface area (TPSA) is 85.5 Å². The molecule has 1 fully saturated rings. The maximum absolute atomic E-state index is 13.0. The van der Waals surface area contributed by atoms with Crippen LogP contribution in [0, 0.1) is 6.92 Å². The van der Waals surface area contributed by atoms with Gasteiger partial charge in [-0.25, -0.2) is 9.78 Å². The number of carbonyl (C=O) groups is 2. The van der Waals surface area contributed by atoms with E-state index in [9.17, 15) is 9.59 Å². The molecule has 160 valence electrons. The standard InChI is InChI=1S/C23H23N3O4S/c1-14-21-17(12-18(19-8-5-11-31-19)24-22(21)30-25-14)23(28)29-13-20(27)26(16-9-10-16)15-6-3-2-4-7-15/h5-6,8,11-12,16H,2-4,7,9-10,13H2,1H3. The molecule has 2 aliphatic carbocycles. The molecule has 2 aliphatic rings. The Morgan fingerprint density at radius 1 is 1.32 bits per heavy atom. The molecule has 1 amide bonds. The van der Waals surface area contributed by atoms with Crippen molar-refractivity contribution in [2.24, 2.45) is 0 Å². The van der Waals surface area contributed by atoms with Crippen molar-refractivity contribution < 1.29 is 18.8 Å². The van der Waals surface area contributed by atoms with E-state index in [4.69, 9.17) is 9.26 Å². The number of thiophene rings is 1. The molecule has 1 saturated carbocycles. The van der Waals surface area contributed by atoms with Gasteiger partial charge in [-0.05, 0) is 63.0 Å². The molecular formula is C23H23N3O4S. The van der Waals surface area contributed by atoms with E-state index in [1.807, 2.05) is 22.4 Å². The van der Waals surface area contributed by atoms with Gasteiger partial charge in [0.25, 0.3) is 11.6 Å². The zero-order valence-electron chi connectivity index (χ0n) is 17.3. The molecule has 0 spiro atoms. The minimum Gasteiger partial charge on any atom is -0.452 e. The molecule has 31 heavy (non-hydrogen) atoms. The first kappa shape index (κ1) is 19.9. The number of hydrogen-bond acceptors (Lipinski definition) is 7. The van der Waals surface area contributed by atoms with Gasteiger partial charge in [0.15, 0.2) is 6.61 Å². The average molecular weight is 438 g/mol. The third kappa shape index (κ3) is 3.99. The number of esters is 1. The van der Waals surface area contributed by atoms with Gasteiger partial charge < -0.3 is 14.2 Å². The molecule has 0 atom stereocenters. The van der Waals surface area contributed by atoms with Crippen molar-refractivity contribution >= 4 is 34.3 Å². The van der Waals surface area contributed by atoms with Gasteiger partial charge in [-0.2, -0.15) is 0 Å². The first-order valence-corrected chi connectivity index (χ1v) is 11.5. The summed E-state index contributed by atoms with van der Waals surface area (Å²) in [6.07, 6.45) is 8.33. The van der Waals surface area contributed by atoms with Gasteiger partial charge in [-0.3, -0.25) is 4.79 Å². The van der Waals surface area contributed by atoms with E-state index in [2.05, 4.69) is 16.2 Å². The number of rotatable bonds is 6. The van der Waals surface area contributed by atoms with Crippen LogP contribution in [0.15, 0.2) is 39.9 Å². The number of hydrogen-bond donors (Lipinski definition) is 0. The number of carbonyl (C=O) groups excluding carboxylic acids is 2. The van der Waals surface area contributed by atoms with Gasteiger partial charge in [0.05, 0.1) is 27.2 Å². The van der Waals surface area contributed by atoms with Crippen molar-refractivity contribution in [3.8, 4) is 10.6 Å². The van der Waals surface area contributed by atoms with Gasteiger partial charge in [0.1, 0.15) is 0 Å². The Morgan fingerprint density at radius 2 is 2.19 bits per heavy atom. The second kappa shape index (κ2) is 8.26. The summed E-state index contributed by atoms with van der Waals surface area (Å²) in [7, 11) is 0.